The molecule has 0 aliphatic carbocycles. The van der Waals surface area contributed by atoms with Crippen molar-refractivity contribution in [2.45, 2.75) is 41.0 Å². The molecular weight excluding hydrogens is 206 g/mol. The lowest BCUT2D eigenvalue weighted by atomic mass is 9.84. The molecule has 0 aromatic heterocycles. The van der Waals surface area contributed by atoms with Gasteiger partial charge in [-0.05, 0) is 42.3 Å². The third kappa shape index (κ3) is 5.36. The van der Waals surface area contributed by atoms with Gasteiger partial charge in [-0.25, -0.2) is 0 Å². The fraction of sp³-hybridized carbons (Fsp3) is 0.625. The van der Waals surface area contributed by atoms with Crippen molar-refractivity contribution in [3.8, 4) is 0 Å². The van der Waals surface area contributed by atoms with Crippen LogP contribution in [0.2, 0.25) is 0 Å². The summed E-state index contributed by atoms with van der Waals surface area (Å²) in [4.78, 5) is 0. The Balaban J connectivity index is 2.51. The van der Waals surface area contributed by atoms with E-state index in [9.17, 15) is 0 Å². The second kappa shape index (κ2) is 6.20. The van der Waals surface area contributed by atoms with Gasteiger partial charge >= 0.3 is 0 Å². The van der Waals surface area contributed by atoms with E-state index in [4.69, 9.17) is 0 Å². The van der Waals surface area contributed by atoms with Gasteiger partial charge in [0.15, 0.2) is 0 Å². The average Bonchev–Trinajstić information content (AvgIpc) is 2.20. The van der Waals surface area contributed by atoms with Gasteiger partial charge in [0.25, 0.3) is 0 Å². The van der Waals surface area contributed by atoms with Crippen LogP contribution in [0.15, 0.2) is 24.3 Å². The van der Waals surface area contributed by atoms with E-state index in [1.807, 2.05) is 0 Å². The highest BCUT2D eigenvalue weighted by Crippen LogP contribution is 2.22. The molecular formula is C16H27N. The van der Waals surface area contributed by atoms with E-state index in [0.717, 1.165) is 25.4 Å². The van der Waals surface area contributed by atoms with Crippen LogP contribution < -0.4 is 5.32 Å². The van der Waals surface area contributed by atoms with Gasteiger partial charge in [-0.15, -0.1) is 0 Å². The van der Waals surface area contributed by atoms with E-state index in [2.05, 4.69) is 64.2 Å². The summed E-state index contributed by atoms with van der Waals surface area (Å²) in [6.45, 7) is 13.6. The van der Waals surface area contributed by atoms with Crippen molar-refractivity contribution in [1.82, 2.24) is 5.32 Å². The number of nitrogens with one attached hydrogen (secondary N) is 1. The summed E-state index contributed by atoms with van der Waals surface area (Å²) < 4.78 is 0. The Morgan fingerprint density at radius 3 is 2.41 bits per heavy atom. The molecule has 0 amide bonds. The zero-order valence-electron chi connectivity index (χ0n) is 12.0. The van der Waals surface area contributed by atoms with Gasteiger partial charge in [0.2, 0.25) is 0 Å². The molecule has 0 spiro atoms. The molecule has 1 rings (SSSR count). The molecule has 0 radical (unpaired) electrons. The predicted octanol–water partition coefficient (Wildman–Crippen LogP) is 3.81. The highest BCUT2D eigenvalue weighted by Gasteiger charge is 2.18. The second-order valence-corrected chi connectivity index (χ2v) is 6.29. The molecule has 0 aliphatic rings. The van der Waals surface area contributed by atoms with Gasteiger partial charge < -0.3 is 5.32 Å². The summed E-state index contributed by atoms with van der Waals surface area (Å²) in [6, 6.07) is 8.70. The molecule has 0 unspecified atom stereocenters. The van der Waals surface area contributed by atoms with E-state index < -0.39 is 0 Å². The highest BCUT2D eigenvalue weighted by molar-refractivity contribution is 5.26. The van der Waals surface area contributed by atoms with E-state index in [0.29, 0.717) is 5.41 Å². The Bertz CT molecular complexity index is 339. The minimum absolute atomic E-state index is 0.320. The molecule has 0 aliphatic heterocycles. The summed E-state index contributed by atoms with van der Waals surface area (Å²) in [5.74, 6) is 0.726. The van der Waals surface area contributed by atoms with E-state index in [1.165, 1.54) is 11.1 Å². The molecule has 0 fully saturated rings. The standard InChI is InChI=1S/C16H27N/c1-13(2)11-17-12-16(4,5)10-15-9-7-6-8-14(15)3/h6-9,13,17H,10-12H2,1-5H3. The van der Waals surface area contributed by atoms with Crippen LogP contribution in [0.5, 0.6) is 0 Å². The first-order chi connectivity index (χ1) is 7.91. The highest BCUT2D eigenvalue weighted by atomic mass is 14.9. The van der Waals surface area contributed by atoms with Gasteiger partial charge in [-0.1, -0.05) is 52.0 Å². The van der Waals surface area contributed by atoms with Crippen molar-refractivity contribution in [3.05, 3.63) is 35.4 Å². The summed E-state index contributed by atoms with van der Waals surface area (Å²) in [5.41, 5.74) is 3.20. The molecule has 96 valence electrons. The fourth-order valence-electron chi connectivity index (χ4n) is 2.09. The number of rotatable bonds is 6. The van der Waals surface area contributed by atoms with Crippen LogP contribution in [0.25, 0.3) is 0 Å². The van der Waals surface area contributed by atoms with Crippen LogP contribution in [0, 0.1) is 18.3 Å². The monoisotopic (exact) mass is 233 g/mol. The van der Waals surface area contributed by atoms with E-state index >= 15 is 0 Å². The third-order valence-corrected chi connectivity index (χ3v) is 3.09. The van der Waals surface area contributed by atoms with E-state index in [-0.39, 0.29) is 0 Å². The van der Waals surface area contributed by atoms with Gasteiger partial charge in [0.05, 0.1) is 0 Å². The van der Waals surface area contributed by atoms with Crippen LogP contribution in [-0.4, -0.2) is 13.1 Å². The van der Waals surface area contributed by atoms with Gasteiger partial charge in [0, 0.05) is 6.54 Å². The lowest BCUT2D eigenvalue weighted by Crippen LogP contribution is -2.33. The van der Waals surface area contributed by atoms with Crippen molar-refractivity contribution in [3.63, 3.8) is 0 Å². The summed E-state index contributed by atoms with van der Waals surface area (Å²) in [7, 11) is 0. The topological polar surface area (TPSA) is 12.0 Å². The molecule has 0 saturated carbocycles. The lowest BCUT2D eigenvalue weighted by molar-refractivity contribution is 0.330. The second-order valence-electron chi connectivity index (χ2n) is 6.29. The molecule has 1 nitrogen and oxygen atoms in total. The molecule has 1 heteroatoms. The Morgan fingerprint density at radius 2 is 1.82 bits per heavy atom. The SMILES string of the molecule is Cc1ccccc1CC(C)(C)CNCC(C)C. The average molecular weight is 233 g/mol. The molecule has 0 bridgehead atoms. The summed E-state index contributed by atoms with van der Waals surface area (Å²) in [5, 5.41) is 3.56. The van der Waals surface area contributed by atoms with Gasteiger partial charge in [-0.2, -0.15) is 0 Å². The Hall–Kier alpha value is -0.820. The predicted molar refractivity (Wildman–Crippen MR) is 76.4 cm³/mol. The number of aryl methyl sites for hydroxylation is 1. The maximum Gasteiger partial charge on any atom is 0.000581 e. The van der Waals surface area contributed by atoms with Crippen molar-refractivity contribution >= 4 is 0 Å². The molecule has 1 aromatic carbocycles. The van der Waals surface area contributed by atoms with Crippen LogP contribution in [0.1, 0.15) is 38.8 Å². The normalized spacial score (nSPS) is 12.1. The Kier molecular flexibility index (Phi) is 5.20. The number of hydrogen-bond donors (Lipinski definition) is 1. The van der Waals surface area contributed by atoms with Gasteiger partial charge in [0.1, 0.15) is 0 Å². The Labute approximate surface area is 107 Å². The van der Waals surface area contributed by atoms with Crippen LogP contribution in [0.3, 0.4) is 0 Å². The molecule has 17 heavy (non-hydrogen) atoms. The van der Waals surface area contributed by atoms with Crippen molar-refractivity contribution < 1.29 is 0 Å². The minimum Gasteiger partial charge on any atom is -0.316 e. The number of benzene rings is 1. The van der Waals surface area contributed by atoms with E-state index in [1.54, 1.807) is 0 Å². The quantitative estimate of drug-likeness (QED) is 0.788. The Morgan fingerprint density at radius 1 is 1.18 bits per heavy atom. The smallest absolute Gasteiger partial charge is 0.000581 e. The first-order valence-corrected chi connectivity index (χ1v) is 6.66. The van der Waals surface area contributed by atoms with Gasteiger partial charge in [-0.3, -0.25) is 0 Å². The maximum atomic E-state index is 3.56. The summed E-state index contributed by atoms with van der Waals surface area (Å²) >= 11 is 0. The van der Waals surface area contributed by atoms with Crippen LogP contribution in [0.4, 0.5) is 0 Å². The van der Waals surface area contributed by atoms with Crippen LogP contribution >= 0.6 is 0 Å². The molecule has 0 atom stereocenters. The molecule has 1 N–H and O–H groups in total. The van der Waals surface area contributed by atoms with Crippen molar-refractivity contribution in [2.75, 3.05) is 13.1 Å². The third-order valence-electron chi connectivity index (χ3n) is 3.09. The lowest BCUT2D eigenvalue weighted by Gasteiger charge is -2.26. The molecule has 0 heterocycles. The number of hydrogen-bond acceptors (Lipinski definition) is 1. The summed E-state index contributed by atoms with van der Waals surface area (Å²) in [6.07, 6.45) is 1.14. The van der Waals surface area contributed by atoms with Crippen molar-refractivity contribution in [2.24, 2.45) is 11.3 Å². The first kappa shape index (κ1) is 14.2. The zero-order chi connectivity index (χ0) is 12.9. The molecule has 1 aromatic rings. The van der Waals surface area contributed by atoms with Crippen LogP contribution in [-0.2, 0) is 6.42 Å². The minimum atomic E-state index is 0.320. The molecule has 0 saturated heterocycles. The fourth-order valence-corrected chi connectivity index (χ4v) is 2.09. The zero-order valence-corrected chi connectivity index (χ0v) is 12.0. The largest absolute Gasteiger partial charge is 0.316 e. The first-order valence-electron chi connectivity index (χ1n) is 6.66. The maximum absolute atomic E-state index is 3.56. The van der Waals surface area contributed by atoms with Crippen molar-refractivity contribution in [1.29, 1.82) is 0 Å².